The third-order valence-electron chi connectivity index (χ3n) is 3.33. The molecule has 0 bridgehead atoms. The summed E-state index contributed by atoms with van der Waals surface area (Å²) in [6, 6.07) is 7.61. The molecule has 1 saturated carbocycles. The Morgan fingerprint density at radius 2 is 2.05 bits per heavy atom. The van der Waals surface area contributed by atoms with Crippen LogP contribution in [-0.4, -0.2) is 15.8 Å². The number of benzene rings is 1. The zero-order valence-electron chi connectivity index (χ0n) is 11.9. The van der Waals surface area contributed by atoms with Gasteiger partial charge in [0.1, 0.15) is 0 Å². The quantitative estimate of drug-likeness (QED) is 0.776. The number of hydrogen-bond donors (Lipinski definition) is 2. The maximum atomic E-state index is 12.0. The van der Waals surface area contributed by atoms with Crippen molar-refractivity contribution in [2.24, 2.45) is 5.92 Å². The van der Waals surface area contributed by atoms with Crippen LogP contribution in [0.5, 0.6) is 0 Å². The fourth-order valence-corrected chi connectivity index (χ4v) is 3.44. The second-order valence-electron chi connectivity index (χ2n) is 6.21. The van der Waals surface area contributed by atoms with Crippen molar-refractivity contribution in [3.63, 3.8) is 0 Å². The first-order valence-corrected chi connectivity index (χ1v) is 8.31. The highest BCUT2D eigenvalue weighted by Crippen LogP contribution is 2.48. The van der Waals surface area contributed by atoms with Crippen LogP contribution in [0.25, 0.3) is 0 Å². The van der Waals surface area contributed by atoms with Gasteiger partial charge in [-0.05, 0) is 57.2 Å². The Morgan fingerprint density at radius 1 is 1.40 bits per heavy atom. The van der Waals surface area contributed by atoms with E-state index >= 15 is 0 Å². The summed E-state index contributed by atoms with van der Waals surface area (Å²) in [5.74, 6) is -0.640. The summed E-state index contributed by atoms with van der Waals surface area (Å²) in [4.78, 5) is 12.0. The van der Waals surface area contributed by atoms with Crippen LogP contribution in [0, 0.1) is 5.92 Å². The molecule has 0 heterocycles. The molecule has 0 radical (unpaired) electrons. The van der Waals surface area contributed by atoms with Crippen LogP contribution in [0.4, 0.5) is 0 Å². The molecule has 5 heteroatoms. The lowest BCUT2D eigenvalue weighted by Gasteiger charge is -2.33. The van der Waals surface area contributed by atoms with E-state index in [1.165, 1.54) is 11.9 Å². The lowest BCUT2D eigenvalue weighted by atomic mass is 9.86. The van der Waals surface area contributed by atoms with Gasteiger partial charge in [0.2, 0.25) is 0 Å². The summed E-state index contributed by atoms with van der Waals surface area (Å²) >= 11 is 4.93. The fraction of sp³-hybridized carbons (Fsp3) is 0.533. The van der Waals surface area contributed by atoms with Crippen LogP contribution in [0.15, 0.2) is 28.7 Å². The first-order chi connectivity index (χ1) is 9.25. The molecule has 110 valence electrons. The number of carbonyl (C=O) groups is 1. The molecule has 0 spiro atoms. The number of nitrogens with one attached hydrogen (secondary N) is 1. The van der Waals surface area contributed by atoms with Gasteiger partial charge in [-0.3, -0.25) is 0 Å². The SMILES string of the molecule is CC(C)(C)SNC(C(=O)O)(c1cccc(Br)c1)C1CC1. The van der Waals surface area contributed by atoms with Crippen molar-refractivity contribution in [3.05, 3.63) is 34.3 Å². The highest BCUT2D eigenvalue weighted by molar-refractivity contribution is 9.10. The molecule has 1 fully saturated rings. The molecule has 1 aliphatic carbocycles. The summed E-state index contributed by atoms with van der Waals surface area (Å²) in [5, 5.41) is 9.88. The molecular formula is C15H20BrNO2S. The van der Waals surface area contributed by atoms with E-state index in [1.54, 1.807) is 0 Å². The van der Waals surface area contributed by atoms with Crippen molar-refractivity contribution in [2.75, 3.05) is 0 Å². The summed E-state index contributed by atoms with van der Waals surface area (Å²) in [7, 11) is 0. The van der Waals surface area contributed by atoms with Gasteiger partial charge in [0, 0.05) is 9.22 Å². The third kappa shape index (κ3) is 3.38. The Hall–Kier alpha value is -0.520. The Balaban J connectivity index is 2.40. The Labute approximate surface area is 132 Å². The molecule has 0 aromatic heterocycles. The van der Waals surface area contributed by atoms with Crippen molar-refractivity contribution in [3.8, 4) is 0 Å². The molecule has 2 N–H and O–H groups in total. The number of carboxylic acids is 1. The number of aliphatic carboxylic acids is 1. The van der Waals surface area contributed by atoms with Crippen molar-refractivity contribution < 1.29 is 9.90 Å². The van der Waals surface area contributed by atoms with Gasteiger partial charge in [-0.25, -0.2) is 9.52 Å². The highest BCUT2D eigenvalue weighted by atomic mass is 79.9. The van der Waals surface area contributed by atoms with E-state index in [0.29, 0.717) is 0 Å². The van der Waals surface area contributed by atoms with Gasteiger partial charge in [-0.1, -0.05) is 40.0 Å². The smallest absolute Gasteiger partial charge is 0.329 e. The first-order valence-electron chi connectivity index (χ1n) is 6.70. The largest absolute Gasteiger partial charge is 0.480 e. The second kappa shape index (κ2) is 5.70. The average Bonchev–Trinajstić information content (AvgIpc) is 3.12. The normalized spacial score (nSPS) is 18.6. The van der Waals surface area contributed by atoms with Gasteiger partial charge in [0.25, 0.3) is 0 Å². The van der Waals surface area contributed by atoms with Gasteiger partial charge < -0.3 is 5.11 Å². The van der Waals surface area contributed by atoms with Crippen molar-refractivity contribution in [2.45, 2.75) is 43.9 Å². The van der Waals surface area contributed by atoms with E-state index in [4.69, 9.17) is 0 Å². The maximum Gasteiger partial charge on any atom is 0.329 e. The number of hydrogen-bond acceptors (Lipinski definition) is 3. The van der Waals surface area contributed by atoms with Crippen molar-refractivity contribution >= 4 is 33.8 Å². The van der Waals surface area contributed by atoms with Gasteiger partial charge in [0.15, 0.2) is 5.54 Å². The molecule has 1 aromatic rings. The van der Waals surface area contributed by atoms with Gasteiger partial charge in [0.05, 0.1) is 0 Å². The molecule has 0 amide bonds. The number of halogens is 1. The van der Waals surface area contributed by atoms with Gasteiger partial charge >= 0.3 is 5.97 Å². The predicted octanol–water partition coefficient (Wildman–Crippen LogP) is 4.18. The molecule has 1 atom stereocenters. The standard InChI is InChI=1S/C15H20BrNO2S/c1-14(2,3)20-17-15(13(18)19,10-7-8-10)11-5-4-6-12(16)9-11/h4-6,9-10,17H,7-8H2,1-3H3,(H,18,19). The Bertz CT molecular complexity index is 511. The molecule has 1 unspecified atom stereocenters. The predicted molar refractivity (Wildman–Crippen MR) is 86.7 cm³/mol. The lowest BCUT2D eigenvalue weighted by molar-refractivity contribution is -0.145. The third-order valence-corrected chi connectivity index (χ3v) is 4.85. The summed E-state index contributed by atoms with van der Waals surface area (Å²) in [6.07, 6.45) is 1.91. The van der Waals surface area contributed by atoms with Crippen LogP contribution in [-0.2, 0) is 10.3 Å². The van der Waals surface area contributed by atoms with Crippen molar-refractivity contribution in [1.29, 1.82) is 0 Å². The Morgan fingerprint density at radius 3 is 2.50 bits per heavy atom. The molecule has 3 nitrogen and oxygen atoms in total. The van der Waals surface area contributed by atoms with Crippen LogP contribution in [0.1, 0.15) is 39.2 Å². The molecule has 0 aliphatic heterocycles. The minimum atomic E-state index is -0.998. The molecule has 1 aliphatic rings. The molecule has 2 rings (SSSR count). The van der Waals surface area contributed by atoms with Gasteiger partial charge in [-0.15, -0.1) is 0 Å². The monoisotopic (exact) mass is 357 g/mol. The summed E-state index contributed by atoms with van der Waals surface area (Å²) in [6.45, 7) is 6.22. The molecule has 20 heavy (non-hydrogen) atoms. The lowest BCUT2D eigenvalue weighted by Crippen LogP contribution is -2.49. The van der Waals surface area contributed by atoms with Crippen LogP contribution in [0.3, 0.4) is 0 Å². The van der Waals surface area contributed by atoms with Crippen molar-refractivity contribution in [1.82, 2.24) is 4.72 Å². The molecule has 0 saturated heterocycles. The molecule has 1 aromatic carbocycles. The van der Waals surface area contributed by atoms with E-state index in [1.807, 2.05) is 24.3 Å². The highest BCUT2D eigenvalue weighted by Gasteiger charge is 2.53. The summed E-state index contributed by atoms with van der Waals surface area (Å²) < 4.78 is 4.14. The van der Waals surface area contributed by atoms with E-state index < -0.39 is 11.5 Å². The fourth-order valence-electron chi connectivity index (χ4n) is 2.20. The molecular weight excluding hydrogens is 338 g/mol. The zero-order valence-corrected chi connectivity index (χ0v) is 14.3. The van der Waals surface area contributed by atoms with Crippen LogP contribution in [0.2, 0.25) is 0 Å². The van der Waals surface area contributed by atoms with Crippen LogP contribution >= 0.6 is 27.9 Å². The number of carboxylic acid groups (broad SMARTS) is 1. The average molecular weight is 358 g/mol. The summed E-state index contributed by atoms with van der Waals surface area (Å²) in [5.41, 5.74) is -0.180. The van der Waals surface area contributed by atoms with Crippen LogP contribution < -0.4 is 4.72 Å². The zero-order chi connectivity index (χ0) is 15.0. The minimum Gasteiger partial charge on any atom is -0.480 e. The van der Waals surface area contributed by atoms with E-state index in [0.717, 1.165) is 22.9 Å². The Kier molecular flexibility index (Phi) is 4.52. The van der Waals surface area contributed by atoms with Gasteiger partial charge in [-0.2, -0.15) is 0 Å². The maximum absolute atomic E-state index is 12.0. The first kappa shape index (κ1) is 15.9. The van der Waals surface area contributed by atoms with E-state index in [2.05, 4.69) is 41.4 Å². The second-order valence-corrected chi connectivity index (χ2v) is 8.76. The minimum absolute atomic E-state index is 0.0401. The van der Waals surface area contributed by atoms with E-state index in [9.17, 15) is 9.90 Å². The topological polar surface area (TPSA) is 49.3 Å². The van der Waals surface area contributed by atoms with E-state index in [-0.39, 0.29) is 10.7 Å². The number of rotatable bonds is 5.